The van der Waals surface area contributed by atoms with Crippen molar-refractivity contribution in [3.63, 3.8) is 0 Å². The second-order valence-corrected chi connectivity index (χ2v) is 7.04. The van der Waals surface area contributed by atoms with Crippen LogP contribution in [0.15, 0.2) is 4.47 Å². The number of hydrogen-bond donors (Lipinski definition) is 1. The maximum absolute atomic E-state index is 6.15. The summed E-state index contributed by atoms with van der Waals surface area (Å²) in [6.07, 6.45) is 5.83. The van der Waals surface area contributed by atoms with Crippen molar-refractivity contribution in [3.05, 3.63) is 15.9 Å². The second-order valence-electron chi connectivity index (χ2n) is 5.63. The lowest BCUT2D eigenvalue weighted by molar-refractivity contribution is 0.344. The van der Waals surface area contributed by atoms with Crippen molar-refractivity contribution in [3.8, 4) is 0 Å². The molecule has 3 nitrogen and oxygen atoms in total. The molecule has 2 rings (SSSR count). The molecule has 0 aromatic carbocycles. The number of hydrogen-bond acceptors (Lipinski definition) is 2. The first-order valence-electron chi connectivity index (χ1n) is 7.74. The van der Waals surface area contributed by atoms with Gasteiger partial charge in [-0.25, -0.2) is 0 Å². The van der Waals surface area contributed by atoms with Gasteiger partial charge < -0.3 is 5.32 Å². The maximum Gasteiger partial charge on any atom is 0.0767 e. The Morgan fingerprint density at radius 1 is 1.30 bits per heavy atom. The molecule has 1 aliphatic rings. The SMILES string of the molecule is CCc1nn(CC)c(CNCC2CCC(Cl)CC2)c1Br. The van der Waals surface area contributed by atoms with E-state index in [0.717, 1.165) is 37.7 Å². The highest BCUT2D eigenvalue weighted by Crippen LogP contribution is 2.27. The van der Waals surface area contributed by atoms with Crippen LogP contribution in [-0.2, 0) is 19.5 Å². The van der Waals surface area contributed by atoms with Gasteiger partial charge in [-0.15, -0.1) is 11.6 Å². The third kappa shape index (κ3) is 3.99. The van der Waals surface area contributed by atoms with Gasteiger partial charge in [-0.05, 0) is 67.4 Å². The monoisotopic (exact) mass is 361 g/mol. The van der Waals surface area contributed by atoms with E-state index in [-0.39, 0.29) is 0 Å². The fraction of sp³-hybridized carbons (Fsp3) is 0.800. The number of nitrogens with one attached hydrogen (secondary N) is 1. The predicted octanol–water partition coefficient (Wildman–Crippen LogP) is 4.12. The zero-order valence-electron chi connectivity index (χ0n) is 12.5. The Bertz CT molecular complexity index is 425. The van der Waals surface area contributed by atoms with Crippen LogP contribution in [0.3, 0.4) is 0 Å². The van der Waals surface area contributed by atoms with Crippen molar-refractivity contribution in [2.24, 2.45) is 5.92 Å². The number of aromatic nitrogens is 2. The summed E-state index contributed by atoms with van der Waals surface area (Å²) in [6, 6.07) is 0. The van der Waals surface area contributed by atoms with E-state index in [1.54, 1.807) is 0 Å². The average Bonchev–Trinajstić information content (AvgIpc) is 2.77. The van der Waals surface area contributed by atoms with Gasteiger partial charge in [0.2, 0.25) is 0 Å². The van der Waals surface area contributed by atoms with Gasteiger partial charge in [0.1, 0.15) is 0 Å². The average molecular weight is 363 g/mol. The van der Waals surface area contributed by atoms with Crippen molar-refractivity contribution < 1.29 is 0 Å². The van der Waals surface area contributed by atoms with Crippen molar-refractivity contribution in [2.75, 3.05) is 6.54 Å². The molecule has 1 aromatic heterocycles. The first-order valence-corrected chi connectivity index (χ1v) is 8.97. The van der Waals surface area contributed by atoms with Crippen LogP contribution in [0, 0.1) is 5.92 Å². The van der Waals surface area contributed by atoms with Gasteiger partial charge in [0.25, 0.3) is 0 Å². The van der Waals surface area contributed by atoms with Crippen LogP contribution >= 0.6 is 27.5 Å². The Morgan fingerprint density at radius 2 is 2.00 bits per heavy atom. The summed E-state index contributed by atoms with van der Waals surface area (Å²) in [4.78, 5) is 0. The van der Waals surface area contributed by atoms with Gasteiger partial charge in [-0.2, -0.15) is 5.10 Å². The Kier molecular flexibility index (Phi) is 6.37. The summed E-state index contributed by atoms with van der Waals surface area (Å²) in [5, 5.41) is 8.65. The van der Waals surface area contributed by atoms with Crippen LogP contribution in [0.1, 0.15) is 50.9 Å². The highest BCUT2D eigenvalue weighted by atomic mass is 79.9. The number of aryl methyl sites for hydroxylation is 2. The molecule has 0 spiro atoms. The van der Waals surface area contributed by atoms with Crippen LogP contribution in [-0.4, -0.2) is 21.7 Å². The van der Waals surface area contributed by atoms with E-state index in [4.69, 9.17) is 11.6 Å². The molecule has 20 heavy (non-hydrogen) atoms. The summed E-state index contributed by atoms with van der Waals surface area (Å²) in [5.74, 6) is 0.785. The molecule has 0 amide bonds. The van der Waals surface area contributed by atoms with Crippen molar-refractivity contribution in [1.82, 2.24) is 15.1 Å². The molecule has 0 atom stereocenters. The van der Waals surface area contributed by atoms with Crippen LogP contribution < -0.4 is 5.32 Å². The second kappa shape index (κ2) is 7.81. The van der Waals surface area contributed by atoms with Crippen LogP contribution in [0.25, 0.3) is 0 Å². The molecule has 0 radical (unpaired) electrons. The fourth-order valence-corrected chi connectivity index (χ4v) is 3.86. The lowest BCUT2D eigenvalue weighted by Gasteiger charge is -2.25. The molecular weight excluding hydrogens is 338 g/mol. The molecule has 1 saturated carbocycles. The van der Waals surface area contributed by atoms with E-state index in [0.29, 0.717) is 5.38 Å². The quantitative estimate of drug-likeness (QED) is 0.772. The minimum Gasteiger partial charge on any atom is -0.311 e. The summed E-state index contributed by atoms with van der Waals surface area (Å²) < 4.78 is 3.28. The topological polar surface area (TPSA) is 29.9 Å². The Morgan fingerprint density at radius 3 is 2.60 bits per heavy atom. The van der Waals surface area contributed by atoms with E-state index in [9.17, 15) is 0 Å². The first kappa shape index (κ1) is 16.3. The molecule has 1 heterocycles. The molecule has 0 unspecified atom stereocenters. The van der Waals surface area contributed by atoms with Crippen molar-refractivity contribution in [2.45, 2.75) is 64.4 Å². The molecule has 5 heteroatoms. The number of halogens is 2. The van der Waals surface area contributed by atoms with E-state index in [1.165, 1.54) is 35.8 Å². The summed E-state index contributed by atoms with van der Waals surface area (Å²) >= 11 is 9.85. The fourth-order valence-electron chi connectivity index (χ4n) is 2.91. The third-order valence-electron chi connectivity index (χ3n) is 4.20. The molecule has 1 aromatic rings. The Labute approximate surface area is 135 Å². The van der Waals surface area contributed by atoms with E-state index >= 15 is 0 Å². The number of alkyl halides is 1. The summed E-state index contributed by atoms with van der Waals surface area (Å²) in [5.41, 5.74) is 2.43. The van der Waals surface area contributed by atoms with E-state index < -0.39 is 0 Å². The van der Waals surface area contributed by atoms with Gasteiger partial charge >= 0.3 is 0 Å². The normalized spacial score (nSPS) is 23.2. The molecule has 1 aliphatic carbocycles. The molecule has 114 valence electrons. The summed E-state index contributed by atoms with van der Waals surface area (Å²) in [7, 11) is 0. The van der Waals surface area contributed by atoms with Crippen LogP contribution in [0.2, 0.25) is 0 Å². The molecule has 0 saturated heterocycles. The number of rotatable bonds is 6. The van der Waals surface area contributed by atoms with Gasteiger partial charge in [0.05, 0.1) is 15.9 Å². The van der Waals surface area contributed by atoms with Crippen molar-refractivity contribution in [1.29, 1.82) is 0 Å². The van der Waals surface area contributed by atoms with Gasteiger partial charge in [-0.1, -0.05) is 6.92 Å². The molecule has 1 N–H and O–H groups in total. The largest absolute Gasteiger partial charge is 0.311 e. The lowest BCUT2D eigenvalue weighted by Crippen LogP contribution is -2.27. The first-order chi connectivity index (χ1) is 9.65. The minimum absolute atomic E-state index is 0.411. The highest BCUT2D eigenvalue weighted by Gasteiger charge is 2.19. The zero-order chi connectivity index (χ0) is 14.5. The van der Waals surface area contributed by atoms with Crippen LogP contribution in [0.5, 0.6) is 0 Å². The Balaban J connectivity index is 1.86. The third-order valence-corrected chi connectivity index (χ3v) is 5.55. The lowest BCUT2D eigenvalue weighted by atomic mass is 9.89. The minimum atomic E-state index is 0.411. The van der Waals surface area contributed by atoms with Crippen LogP contribution in [0.4, 0.5) is 0 Å². The molecular formula is C15H25BrClN3. The Hall–Kier alpha value is -0.0600. The van der Waals surface area contributed by atoms with Gasteiger partial charge in [-0.3, -0.25) is 4.68 Å². The van der Waals surface area contributed by atoms with Gasteiger partial charge in [0.15, 0.2) is 0 Å². The van der Waals surface area contributed by atoms with E-state index in [1.807, 2.05) is 0 Å². The van der Waals surface area contributed by atoms with E-state index in [2.05, 4.69) is 44.9 Å². The van der Waals surface area contributed by atoms with Gasteiger partial charge in [0, 0.05) is 18.5 Å². The summed E-state index contributed by atoms with van der Waals surface area (Å²) in [6.45, 7) is 7.20. The zero-order valence-corrected chi connectivity index (χ0v) is 14.8. The predicted molar refractivity (Wildman–Crippen MR) is 88.3 cm³/mol. The standard InChI is InChI=1S/C15H25BrClN3/c1-3-13-15(16)14(20(4-2)19-13)10-18-9-11-5-7-12(17)8-6-11/h11-12,18H,3-10H2,1-2H3. The van der Waals surface area contributed by atoms with Crippen molar-refractivity contribution >= 4 is 27.5 Å². The maximum atomic E-state index is 6.15. The number of nitrogens with zero attached hydrogens (tertiary/aromatic N) is 2. The molecule has 0 aliphatic heterocycles. The molecule has 1 fully saturated rings. The molecule has 0 bridgehead atoms. The highest BCUT2D eigenvalue weighted by molar-refractivity contribution is 9.10. The smallest absolute Gasteiger partial charge is 0.0767 e.